The molecule has 30 heavy (non-hydrogen) atoms. The number of H-pyrrole nitrogens is 1. The van der Waals surface area contributed by atoms with Crippen LogP contribution in [-0.4, -0.2) is 66.5 Å². The molecule has 2 rings (SSSR count). The van der Waals surface area contributed by atoms with Gasteiger partial charge >= 0.3 is 6.09 Å². The highest BCUT2D eigenvalue weighted by molar-refractivity contribution is 6.17. The minimum absolute atomic E-state index is 0.0499. The van der Waals surface area contributed by atoms with Crippen molar-refractivity contribution in [1.82, 2.24) is 20.3 Å². The molecular formula is C20H28ClN5O4. The van der Waals surface area contributed by atoms with E-state index in [9.17, 15) is 4.79 Å². The molecule has 0 saturated heterocycles. The first-order chi connectivity index (χ1) is 14.7. The largest absolute Gasteiger partial charge is 0.436 e. The second-order valence-corrected chi connectivity index (χ2v) is 6.70. The van der Waals surface area contributed by atoms with Crippen molar-refractivity contribution >= 4 is 34.5 Å². The maximum absolute atomic E-state index is 11.6. The van der Waals surface area contributed by atoms with E-state index < -0.39 is 6.09 Å². The zero-order valence-electron chi connectivity index (χ0n) is 16.9. The number of rotatable bonds is 13. The molecule has 0 atom stereocenters. The number of amides is 1. The third-order valence-electron chi connectivity index (χ3n) is 4.06. The van der Waals surface area contributed by atoms with Crippen molar-refractivity contribution in [3.63, 3.8) is 0 Å². The molecule has 2 aromatic heterocycles. The van der Waals surface area contributed by atoms with Crippen molar-refractivity contribution in [3.8, 4) is 11.8 Å². The van der Waals surface area contributed by atoms with Crippen molar-refractivity contribution < 1.29 is 19.0 Å². The average Bonchev–Trinajstić information content (AvgIpc) is 3.16. The quantitative estimate of drug-likeness (QED) is 0.249. The number of alkyl carbamates (subject to hydrolysis) is 1. The molecule has 0 aliphatic heterocycles. The predicted molar refractivity (Wildman–Crippen MR) is 115 cm³/mol. The zero-order chi connectivity index (χ0) is 21.4. The fraction of sp³-hybridized carbons (Fsp3) is 0.550. The maximum Gasteiger partial charge on any atom is 0.408 e. The maximum atomic E-state index is 11.6. The second-order valence-electron chi connectivity index (χ2n) is 6.32. The minimum Gasteiger partial charge on any atom is -0.436 e. The molecule has 164 valence electrons. The van der Waals surface area contributed by atoms with Crippen LogP contribution in [0.3, 0.4) is 0 Å². The summed E-state index contributed by atoms with van der Waals surface area (Å²) in [7, 11) is 0. The van der Waals surface area contributed by atoms with Gasteiger partial charge in [0.2, 0.25) is 0 Å². The van der Waals surface area contributed by atoms with Gasteiger partial charge in [0.1, 0.15) is 17.8 Å². The number of nitrogens with zero attached hydrogens (tertiary/aromatic N) is 2. The highest BCUT2D eigenvalue weighted by Crippen LogP contribution is 2.19. The van der Waals surface area contributed by atoms with Crippen LogP contribution in [0, 0.1) is 11.8 Å². The Labute approximate surface area is 181 Å². The number of carbonyl (C=O) groups is 1. The van der Waals surface area contributed by atoms with Crippen LogP contribution in [0.2, 0.25) is 0 Å². The summed E-state index contributed by atoms with van der Waals surface area (Å²) in [4.78, 5) is 22.6. The van der Waals surface area contributed by atoms with Crippen LogP contribution in [-0.2, 0) is 14.2 Å². The third-order valence-corrected chi connectivity index (χ3v) is 4.32. The lowest BCUT2D eigenvalue weighted by molar-refractivity contribution is 0.0470. The molecule has 0 spiro atoms. The first-order valence-electron chi connectivity index (χ1n) is 9.91. The van der Waals surface area contributed by atoms with Crippen molar-refractivity contribution in [2.75, 3.05) is 51.2 Å². The Kier molecular flexibility index (Phi) is 11.4. The van der Waals surface area contributed by atoms with E-state index in [1.165, 1.54) is 6.33 Å². The smallest absolute Gasteiger partial charge is 0.408 e. The summed E-state index contributed by atoms with van der Waals surface area (Å²) in [6, 6.07) is 0. The number of aromatic nitrogens is 3. The summed E-state index contributed by atoms with van der Waals surface area (Å²) in [6.45, 7) is 2.44. The van der Waals surface area contributed by atoms with Crippen molar-refractivity contribution in [2.45, 2.75) is 25.7 Å². The molecule has 4 N–H and O–H groups in total. The Morgan fingerprint density at radius 1 is 1.13 bits per heavy atom. The molecule has 9 nitrogen and oxygen atoms in total. The third kappa shape index (κ3) is 8.86. The van der Waals surface area contributed by atoms with Crippen LogP contribution in [0.4, 0.5) is 10.6 Å². The zero-order valence-corrected chi connectivity index (χ0v) is 17.7. The summed E-state index contributed by atoms with van der Waals surface area (Å²) in [6.07, 6.45) is 6.88. The van der Waals surface area contributed by atoms with E-state index in [2.05, 4.69) is 32.1 Å². The summed E-state index contributed by atoms with van der Waals surface area (Å²) in [5, 5.41) is 3.25. The van der Waals surface area contributed by atoms with Gasteiger partial charge < -0.3 is 30.2 Å². The number of nitrogens with two attached hydrogens (primary N) is 1. The Morgan fingerprint density at radius 3 is 2.77 bits per heavy atom. The normalized spacial score (nSPS) is 10.6. The number of nitrogens with one attached hydrogen (secondary N) is 2. The van der Waals surface area contributed by atoms with Crippen molar-refractivity contribution in [2.24, 2.45) is 0 Å². The number of fused-ring (bicyclic) bond motifs is 1. The van der Waals surface area contributed by atoms with Crippen molar-refractivity contribution in [1.29, 1.82) is 0 Å². The van der Waals surface area contributed by atoms with Crippen LogP contribution < -0.4 is 11.1 Å². The summed E-state index contributed by atoms with van der Waals surface area (Å²) in [5.41, 5.74) is 7.09. The molecule has 2 heterocycles. The first-order valence-corrected chi connectivity index (χ1v) is 10.4. The van der Waals surface area contributed by atoms with E-state index in [1.807, 2.05) is 0 Å². The van der Waals surface area contributed by atoms with E-state index in [0.29, 0.717) is 48.8 Å². The lowest BCUT2D eigenvalue weighted by Crippen LogP contribution is -2.28. The highest BCUT2D eigenvalue weighted by Gasteiger charge is 2.06. The molecule has 10 heteroatoms. The lowest BCUT2D eigenvalue weighted by atomic mass is 10.2. The molecule has 0 aliphatic rings. The topological polar surface area (TPSA) is 124 Å². The van der Waals surface area contributed by atoms with Gasteiger partial charge in [-0.1, -0.05) is 24.7 Å². The van der Waals surface area contributed by atoms with Gasteiger partial charge in [0, 0.05) is 25.2 Å². The van der Waals surface area contributed by atoms with Gasteiger partial charge in [0.05, 0.1) is 30.8 Å². The number of carbonyl (C=O) groups excluding carboxylic acids is 1. The predicted octanol–water partition coefficient (Wildman–Crippen LogP) is 2.45. The number of hydrogen-bond donors (Lipinski definition) is 3. The van der Waals surface area contributed by atoms with Crippen LogP contribution in [0.5, 0.6) is 0 Å². The molecule has 0 saturated carbocycles. The van der Waals surface area contributed by atoms with Crippen LogP contribution in [0.1, 0.15) is 31.2 Å². The lowest BCUT2D eigenvalue weighted by Gasteiger charge is -2.07. The molecule has 0 fully saturated rings. The Bertz CT molecular complexity index is 833. The Hall–Kier alpha value is -2.54. The number of alkyl halides is 1. The van der Waals surface area contributed by atoms with E-state index in [0.717, 1.165) is 38.2 Å². The molecule has 0 radical (unpaired) electrons. The van der Waals surface area contributed by atoms with E-state index >= 15 is 0 Å². The Morgan fingerprint density at radius 2 is 1.93 bits per heavy atom. The minimum atomic E-state index is -0.553. The standard InChI is InChI=1S/C20H28ClN5O4/c21-7-3-1-2-4-9-28-12-13-29-11-8-23-20(27)30-10-5-6-16-14-24-19-17(16)18(22)25-15-26-19/h14-15H,1-4,7-13H2,(H,23,27)(H3,22,24,25,26). The monoisotopic (exact) mass is 437 g/mol. The van der Waals surface area contributed by atoms with Crippen LogP contribution >= 0.6 is 11.6 Å². The first kappa shape index (κ1) is 23.7. The van der Waals surface area contributed by atoms with Gasteiger partial charge in [0.15, 0.2) is 6.61 Å². The van der Waals surface area contributed by atoms with Gasteiger partial charge in [0.25, 0.3) is 0 Å². The van der Waals surface area contributed by atoms with Gasteiger partial charge in [-0.2, -0.15) is 0 Å². The number of anilines is 1. The average molecular weight is 438 g/mol. The van der Waals surface area contributed by atoms with Gasteiger partial charge in [-0.25, -0.2) is 14.8 Å². The summed E-state index contributed by atoms with van der Waals surface area (Å²) >= 11 is 5.62. The molecule has 2 aromatic rings. The number of halogens is 1. The van der Waals surface area contributed by atoms with E-state index in [1.54, 1.807) is 6.20 Å². The molecular weight excluding hydrogens is 410 g/mol. The van der Waals surface area contributed by atoms with E-state index in [-0.39, 0.29) is 6.61 Å². The fourth-order valence-electron chi connectivity index (χ4n) is 2.57. The van der Waals surface area contributed by atoms with Crippen molar-refractivity contribution in [3.05, 3.63) is 18.1 Å². The number of nitrogen functional groups attached to an aromatic ring is 1. The van der Waals surface area contributed by atoms with Gasteiger partial charge in [-0.05, 0) is 12.8 Å². The summed E-state index contributed by atoms with van der Waals surface area (Å²) in [5.74, 6) is 6.72. The molecule has 0 aliphatic carbocycles. The number of hydrogen-bond acceptors (Lipinski definition) is 7. The van der Waals surface area contributed by atoms with Crippen LogP contribution in [0.25, 0.3) is 11.0 Å². The highest BCUT2D eigenvalue weighted by atomic mass is 35.5. The molecule has 1 amide bonds. The number of aromatic amines is 1. The van der Waals surface area contributed by atoms with Gasteiger partial charge in [-0.15, -0.1) is 11.6 Å². The molecule has 0 aromatic carbocycles. The Balaban J connectivity index is 1.48. The SMILES string of the molecule is Nc1ncnc2[nH]cc(C#CCOC(=O)NCCOCCOCCCCCCCl)c12. The number of ether oxygens (including phenoxy) is 3. The van der Waals surface area contributed by atoms with Gasteiger partial charge in [-0.3, -0.25) is 0 Å². The van der Waals surface area contributed by atoms with Crippen LogP contribution in [0.15, 0.2) is 12.5 Å². The fourth-order valence-corrected chi connectivity index (χ4v) is 2.76. The van der Waals surface area contributed by atoms with E-state index in [4.69, 9.17) is 31.5 Å². The molecule has 0 bridgehead atoms. The second kappa shape index (κ2) is 14.4. The summed E-state index contributed by atoms with van der Waals surface area (Å²) < 4.78 is 15.9. The number of unbranched alkanes of at least 4 members (excludes halogenated alkanes) is 3. The molecule has 0 unspecified atom stereocenters.